The minimum absolute atomic E-state index is 0.0146. The van der Waals surface area contributed by atoms with Crippen LogP contribution in [0.25, 0.3) is 0 Å². The second-order valence-electron chi connectivity index (χ2n) is 7.67. The monoisotopic (exact) mass is 404 g/mol. The van der Waals surface area contributed by atoms with Crippen LogP contribution in [0.2, 0.25) is 0 Å². The molecule has 0 aliphatic carbocycles. The summed E-state index contributed by atoms with van der Waals surface area (Å²) in [5.41, 5.74) is 0.543. The molecule has 7 heteroatoms. The first-order chi connectivity index (χ1) is 14.0. The molecule has 2 amide bonds. The van der Waals surface area contributed by atoms with Gasteiger partial charge >= 0.3 is 0 Å². The number of amides is 2. The zero-order valence-electron chi connectivity index (χ0n) is 17.7. The Hall–Kier alpha value is -2.28. The Kier molecular flexibility index (Phi) is 7.36. The topological polar surface area (TPSA) is 68.3 Å². The number of benzene rings is 1. The van der Waals surface area contributed by atoms with Crippen molar-refractivity contribution in [2.75, 3.05) is 47.0 Å². The molecule has 0 aromatic heterocycles. The van der Waals surface area contributed by atoms with Gasteiger partial charge in [0.1, 0.15) is 11.5 Å². The van der Waals surface area contributed by atoms with E-state index >= 15 is 0 Å². The third-order valence-electron chi connectivity index (χ3n) is 5.82. The van der Waals surface area contributed by atoms with Crippen LogP contribution in [-0.4, -0.2) is 74.7 Å². The molecule has 2 aliphatic heterocycles. The maximum Gasteiger partial charge on any atom is 0.254 e. The summed E-state index contributed by atoms with van der Waals surface area (Å²) in [7, 11) is 3.13. The lowest BCUT2D eigenvalue weighted by Gasteiger charge is -2.37. The van der Waals surface area contributed by atoms with E-state index in [1.54, 1.807) is 32.4 Å². The lowest BCUT2D eigenvalue weighted by atomic mass is 9.93. The summed E-state index contributed by atoms with van der Waals surface area (Å²) in [4.78, 5) is 29.7. The fourth-order valence-corrected chi connectivity index (χ4v) is 4.21. The average molecular weight is 405 g/mol. The minimum atomic E-state index is -0.0533. The van der Waals surface area contributed by atoms with Crippen molar-refractivity contribution in [1.82, 2.24) is 9.80 Å². The molecule has 160 valence electrons. The molecule has 2 saturated heterocycles. The van der Waals surface area contributed by atoms with Crippen LogP contribution in [0.3, 0.4) is 0 Å². The van der Waals surface area contributed by atoms with Gasteiger partial charge in [0.15, 0.2) is 0 Å². The van der Waals surface area contributed by atoms with E-state index in [4.69, 9.17) is 14.2 Å². The van der Waals surface area contributed by atoms with Crippen LogP contribution in [0.15, 0.2) is 18.2 Å². The van der Waals surface area contributed by atoms with Crippen molar-refractivity contribution in [1.29, 1.82) is 0 Å². The molecule has 2 fully saturated rings. The predicted molar refractivity (Wildman–Crippen MR) is 109 cm³/mol. The Morgan fingerprint density at radius 3 is 2.21 bits per heavy atom. The zero-order valence-corrected chi connectivity index (χ0v) is 17.7. The first-order valence-electron chi connectivity index (χ1n) is 10.5. The molecule has 29 heavy (non-hydrogen) atoms. The Morgan fingerprint density at radius 2 is 1.62 bits per heavy atom. The van der Waals surface area contributed by atoms with Crippen LogP contribution in [0.4, 0.5) is 0 Å². The number of rotatable bonds is 6. The van der Waals surface area contributed by atoms with E-state index in [-0.39, 0.29) is 23.8 Å². The maximum atomic E-state index is 13.0. The fraction of sp³-hybridized carbons (Fsp3) is 0.636. The van der Waals surface area contributed by atoms with Gasteiger partial charge in [-0.25, -0.2) is 0 Å². The van der Waals surface area contributed by atoms with Crippen LogP contribution in [0.1, 0.15) is 43.0 Å². The largest absolute Gasteiger partial charge is 0.497 e. The Morgan fingerprint density at radius 1 is 0.966 bits per heavy atom. The molecule has 1 aromatic carbocycles. The quantitative estimate of drug-likeness (QED) is 0.729. The number of likely N-dealkylation sites (tertiary alicyclic amines) is 2. The molecule has 1 atom stereocenters. The molecule has 2 heterocycles. The van der Waals surface area contributed by atoms with Gasteiger partial charge in [-0.1, -0.05) is 0 Å². The number of piperidine rings is 2. The SMILES string of the molecule is CCOC1CCCN(C(=O)C2CCN(C(=O)c3cc(OC)cc(OC)c3)CC2)C1. The first kappa shape index (κ1) is 21.4. The van der Waals surface area contributed by atoms with Crippen molar-refractivity contribution in [3.8, 4) is 11.5 Å². The summed E-state index contributed by atoms with van der Waals surface area (Å²) in [6.07, 6.45) is 3.56. The fourth-order valence-electron chi connectivity index (χ4n) is 4.21. The number of hydrogen-bond acceptors (Lipinski definition) is 5. The van der Waals surface area contributed by atoms with E-state index in [1.165, 1.54) is 0 Å². The van der Waals surface area contributed by atoms with E-state index in [1.807, 2.05) is 16.7 Å². The van der Waals surface area contributed by atoms with Crippen molar-refractivity contribution in [2.24, 2.45) is 5.92 Å². The van der Waals surface area contributed by atoms with Gasteiger partial charge in [0, 0.05) is 50.3 Å². The zero-order chi connectivity index (χ0) is 20.8. The number of carbonyl (C=O) groups excluding carboxylic acids is 2. The highest BCUT2D eigenvalue weighted by Crippen LogP contribution is 2.27. The van der Waals surface area contributed by atoms with Crippen LogP contribution in [-0.2, 0) is 9.53 Å². The Labute approximate surface area is 172 Å². The van der Waals surface area contributed by atoms with Crippen molar-refractivity contribution in [3.63, 3.8) is 0 Å². The van der Waals surface area contributed by atoms with Gasteiger partial charge < -0.3 is 24.0 Å². The highest BCUT2D eigenvalue weighted by atomic mass is 16.5. The van der Waals surface area contributed by atoms with Gasteiger partial charge in [0.25, 0.3) is 5.91 Å². The molecule has 3 rings (SSSR count). The van der Waals surface area contributed by atoms with E-state index in [9.17, 15) is 9.59 Å². The lowest BCUT2D eigenvalue weighted by Crippen LogP contribution is -2.48. The molecule has 0 bridgehead atoms. The first-order valence-corrected chi connectivity index (χ1v) is 10.5. The molecule has 1 aromatic rings. The highest BCUT2D eigenvalue weighted by molar-refractivity contribution is 5.95. The summed E-state index contributed by atoms with van der Waals surface area (Å²) in [6, 6.07) is 5.20. The van der Waals surface area contributed by atoms with E-state index in [2.05, 4.69) is 0 Å². The lowest BCUT2D eigenvalue weighted by molar-refractivity contribution is -0.141. The standard InChI is InChI=1S/C22H32N2O5/c1-4-29-18-6-5-9-24(15-18)21(25)16-7-10-23(11-8-16)22(26)17-12-19(27-2)14-20(13-17)28-3/h12-14,16,18H,4-11,15H2,1-3H3. The highest BCUT2D eigenvalue weighted by Gasteiger charge is 2.33. The summed E-state index contributed by atoms with van der Waals surface area (Å²) >= 11 is 0. The normalized spacial score (nSPS) is 20.4. The summed E-state index contributed by atoms with van der Waals surface area (Å²) in [5, 5.41) is 0. The average Bonchev–Trinajstić information content (AvgIpc) is 2.78. The van der Waals surface area contributed by atoms with Crippen molar-refractivity contribution in [3.05, 3.63) is 23.8 Å². The van der Waals surface area contributed by atoms with Crippen LogP contribution in [0.5, 0.6) is 11.5 Å². The molecule has 2 aliphatic rings. The third kappa shape index (κ3) is 5.21. The predicted octanol–water partition coefficient (Wildman–Crippen LogP) is 2.58. The van der Waals surface area contributed by atoms with Crippen LogP contribution in [0, 0.1) is 5.92 Å². The molecule has 7 nitrogen and oxygen atoms in total. The van der Waals surface area contributed by atoms with Crippen molar-refractivity contribution < 1.29 is 23.8 Å². The summed E-state index contributed by atoms with van der Waals surface area (Å²) in [6.45, 7) is 5.34. The molecule has 0 radical (unpaired) electrons. The second kappa shape index (κ2) is 9.96. The molecule has 1 unspecified atom stereocenters. The molecular weight excluding hydrogens is 372 g/mol. The number of carbonyl (C=O) groups is 2. The van der Waals surface area contributed by atoms with Crippen molar-refractivity contribution >= 4 is 11.8 Å². The van der Waals surface area contributed by atoms with Crippen molar-refractivity contribution in [2.45, 2.75) is 38.7 Å². The second-order valence-corrected chi connectivity index (χ2v) is 7.67. The van der Waals surface area contributed by atoms with Crippen LogP contribution >= 0.6 is 0 Å². The summed E-state index contributed by atoms with van der Waals surface area (Å²) in [5.74, 6) is 1.32. The van der Waals surface area contributed by atoms with E-state index in [0.29, 0.717) is 56.1 Å². The van der Waals surface area contributed by atoms with Gasteiger partial charge in [-0.15, -0.1) is 0 Å². The minimum Gasteiger partial charge on any atom is -0.497 e. The van der Waals surface area contributed by atoms with Gasteiger partial charge in [0.05, 0.1) is 20.3 Å². The Bertz CT molecular complexity index is 691. The van der Waals surface area contributed by atoms with Gasteiger partial charge in [0.2, 0.25) is 5.91 Å². The van der Waals surface area contributed by atoms with Crippen LogP contribution < -0.4 is 9.47 Å². The Balaban J connectivity index is 1.57. The van der Waals surface area contributed by atoms with Gasteiger partial charge in [-0.2, -0.15) is 0 Å². The van der Waals surface area contributed by atoms with Gasteiger partial charge in [-0.05, 0) is 44.7 Å². The smallest absolute Gasteiger partial charge is 0.254 e. The van der Waals surface area contributed by atoms with E-state index in [0.717, 1.165) is 19.4 Å². The molecule has 0 N–H and O–H groups in total. The summed E-state index contributed by atoms with van der Waals surface area (Å²) < 4.78 is 16.2. The molecule has 0 spiro atoms. The molecular formula is C22H32N2O5. The maximum absolute atomic E-state index is 13.0. The number of nitrogens with zero attached hydrogens (tertiary/aromatic N) is 2. The number of methoxy groups -OCH3 is 2. The van der Waals surface area contributed by atoms with Gasteiger partial charge in [-0.3, -0.25) is 9.59 Å². The van der Waals surface area contributed by atoms with E-state index < -0.39 is 0 Å². The number of hydrogen-bond donors (Lipinski definition) is 0. The molecule has 0 saturated carbocycles. The number of ether oxygens (including phenoxy) is 3. The third-order valence-corrected chi connectivity index (χ3v) is 5.82.